The summed E-state index contributed by atoms with van der Waals surface area (Å²) in [6.45, 7) is 6.51. The summed E-state index contributed by atoms with van der Waals surface area (Å²) in [4.78, 5) is 12.1. The predicted octanol–water partition coefficient (Wildman–Crippen LogP) is 3.49. The van der Waals surface area contributed by atoms with Crippen LogP contribution in [0.4, 0.5) is 0 Å². The maximum Gasteiger partial charge on any atom is 0.160 e. The fraction of sp³-hybridized carbons (Fsp3) is 0.412. The summed E-state index contributed by atoms with van der Waals surface area (Å²) in [5, 5.41) is 1.79. The molecule has 4 heterocycles. The highest BCUT2D eigenvalue weighted by molar-refractivity contribution is 8.14. The van der Waals surface area contributed by atoms with Crippen molar-refractivity contribution in [1.29, 1.82) is 0 Å². The number of hydrogen-bond donors (Lipinski definition) is 0. The minimum Gasteiger partial charge on any atom is -0.350 e. The Hall–Kier alpha value is -1.75. The first kappa shape index (κ1) is 13.9. The molecule has 0 saturated carbocycles. The van der Waals surface area contributed by atoms with Gasteiger partial charge in [0.1, 0.15) is 6.04 Å². The van der Waals surface area contributed by atoms with E-state index in [4.69, 9.17) is 4.99 Å². The summed E-state index contributed by atoms with van der Waals surface area (Å²) in [6.07, 6.45) is 4.03. The third-order valence-corrected chi connectivity index (χ3v) is 5.49. The van der Waals surface area contributed by atoms with Gasteiger partial charge in [-0.3, -0.25) is 9.98 Å². The highest BCUT2D eigenvalue weighted by Crippen LogP contribution is 2.47. The lowest BCUT2D eigenvalue weighted by atomic mass is 10.0. The zero-order chi connectivity index (χ0) is 15.1. The Kier molecular flexibility index (Phi) is 3.45. The number of aliphatic imine (C=N–C) groups is 1. The Morgan fingerprint density at radius 3 is 2.95 bits per heavy atom. The normalized spacial score (nSPS) is 27.1. The molecule has 0 N–H and O–H groups in total. The number of thioether (sulfide) groups is 1. The van der Waals surface area contributed by atoms with Crippen LogP contribution in [0.1, 0.15) is 37.3 Å². The Morgan fingerprint density at radius 2 is 2.18 bits per heavy atom. The van der Waals surface area contributed by atoms with E-state index in [1.54, 1.807) is 0 Å². The van der Waals surface area contributed by atoms with Gasteiger partial charge in [0, 0.05) is 36.4 Å². The summed E-state index contributed by atoms with van der Waals surface area (Å²) in [6, 6.07) is 10.8. The SMILES string of the molecule is CCn1cccc1C1C(c2ccccn2)N=C2SC(C)CN21. The third kappa shape index (κ3) is 2.15. The summed E-state index contributed by atoms with van der Waals surface area (Å²) >= 11 is 1.89. The molecule has 2 aromatic heterocycles. The van der Waals surface area contributed by atoms with Crippen LogP contribution in [0.3, 0.4) is 0 Å². The number of aromatic nitrogens is 2. The van der Waals surface area contributed by atoms with Gasteiger partial charge >= 0.3 is 0 Å². The van der Waals surface area contributed by atoms with E-state index in [9.17, 15) is 0 Å². The molecular formula is C17H20N4S. The van der Waals surface area contributed by atoms with E-state index >= 15 is 0 Å². The average Bonchev–Trinajstić information content (AvgIpc) is 3.21. The van der Waals surface area contributed by atoms with Crippen molar-refractivity contribution in [2.45, 2.75) is 37.7 Å². The molecule has 0 spiro atoms. The van der Waals surface area contributed by atoms with Gasteiger partial charge in [0.25, 0.3) is 0 Å². The van der Waals surface area contributed by atoms with E-state index in [1.165, 1.54) is 10.9 Å². The van der Waals surface area contributed by atoms with Crippen LogP contribution < -0.4 is 0 Å². The summed E-state index contributed by atoms with van der Waals surface area (Å²) in [5.74, 6) is 0. The lowest BCUT2D eigenvalue weighted by Crippen LogP contribution is -2.30. The Morgan fingerprint density at radius 1 is 1.27 bits per heavy atom. The van der Waals surface area contributed by atoms with Crippen molar-refractivity contribution in [2.24, 2.45) is 4.99 Å². The molecule has 2 aromatic rings. The van der Waals surface area contributed by atoms with Crippen molar-refractivity contribution in [2.75, 3.05) is 6.54 Å². The lowest BCUT2D eigenvalue weighted by molar-refractivity contribution is 0.307. The molecule has 4 nitrogen and oxygen atoms in total. The minimum atomic E-state index is 0.0939. The molecule has 1 saturated heterocycles. The van der Waals surface area contributed by atoms with Crippen molar-refractivity contribution in [1.82, 2.24) is 14.5 Å². The average molecular weight is 312 g/mol. The quantitative estimate of drug-likeness (QED) is 0.870. The van der Waals surface area contributed by atoms with Gasteiger partial charge in [0.2, 0.25) is 0 Å². The minimum absolute atomic E-state index is 0.0939. The van der Waals surface area contributed by atoms with Gasteiger partial charge < -0.3 is 9.47 Å². The maximum atomic E-state index is 5.01. The van der Waals surface area contributed by atoms with Crippen LogP contribution in [0.25, 0.3) is 0 Å². The second-order valence-corrected chi connectivity index (χ2v) is 7.26. The van der Waals surface area contributed by atoms with E-state index in [0.717, 1.165) is 18.8 Å². The molecular weight excluding hydrogens is 292 g/mol. The molecule has 0 aromatic carbocycles. The molecule has 3 unspecified atom stereocenters. The van der Waals surface area contributed by atoms with Crippen molar-refractivity contribution in [3.63, 3.8) is 0 Å². The number of aryl methyl sites for hydroxylation is 1. The molecule has 3 atom stereocenters. The maximum absolute atomic E-state index is 5.01. The highest BCUT2D eigenvalue weighted by atomic mass is 32.2. The fourth-order valence-electron chi connectivity index (χ4n) is 3.42. The molecule has 0 radical (unpaired) electrons. The smallest absolute Gasteiger partial charge is 0.160 e. The van der Waals surface area contributed by atoms with Crippen molar-refractivity contribution in [3.05, 3.63) is 54.1 Å². The van der Waals surface area contributed by atoms with Crippen LogP contribution in [-0.4, -0.2) is 31.4 Å². The number of amidine groups is 1. The zero-order valence-electron chi connectivity index (χ0n) is 12.9. The second kappa shape index (κ2) is 5.47. The Balaban J connectivity index is 1.79. The first-order valence-electron chi connectivity index (χ1n) is 7.85. The summed E-state index contributed by atoms with van der Waals surface area (Å²) < 4.78 is 2.33. The van der Waals surface area contributed by atoms with Gasteiger partial charge in [0.15, 0.2) is 5.17 Å². The lowest BCUT2D eigenvalue weighted by Gasteiger charge is -2.28. The van der Waals surface area contributed by atoms with Crippen LogP contribution in [0.15, 0.2) is 47.7 Å². The number of pyridine rings is 1. The number of fused-ring (bicyclic) bond motifs is 1. The zero-order valence-corrected chi connectivity index (χ0v) is 13.7. The van der Waals surface area contributed by atoms with E-state index < -0.39 is 0 Å². The van der Waals surface area contributed by atoms with Crippen molar-refractivity contribution in [3.8, 4) is 0 Å². The molecule has 5 heteroatoms. The van der Waals surface area contributed by atoms with E-state index in [1.807, 2.05) is 24.0 Å². The molecule has 0 aliphatic carbocycles. The van der Waals surface area contributed by atoms with E-state index in [0.29, 0.717) is 5.25 Å². The van der Waals surface area contributed by atoms with Crippen molar-refractivity contribution < 1.29 is 0 Å². The number of nitrogens with zero attached hydrogens (tertiary/aromatic N) is 4. The molecule has 1 fully saturated rings. The van der Waals surface area contributed by atoms with Crippen LogP contribution in [0.2, 0.25) is 0 Å². The third-order valence-electron chi connectivity index (χ3n) is 4.39. The fourth-order valence-corrected chi connectivity index (χ4v) is 4.51. The highest BCUT2D eigenvalue weighted by Gasteiger charge is 2.44. The summed E-state index contributed by atoms with van der Waals surface area (Å²) in [7, 11) is 0. The number of rotatable bonds is 3. The largest absolute Gasteiger partial charge is 0.350 e. The first-order valence-corrected chi connectivity index (χ1v) is 8.73. The monoisotopic (exact) mass is 312 g/mol. The van der Waals surface area contributed by atoms with Crippen molar-refractivity contribution >= 4 is 16.9 Å². The summed E-state index contributed by atoms with van der Waals surface area (Å²) in [5.41, 5.74) is 2.40. The van der Waals surface area contributed by atoms with Gasteiger partial charge in [-0.15, -0.1) is 0 Å². The first-order chi connectivity index (χ1) is 10.8. The molecule has 0 bridgehead atoms. The predicted molar refractivity (Wildman–Crippen MR) is 91.0 cm³/mol. The van der Waals surface area contributed by atoms with Gasteiger partial charge in [-0.05, 0) is 31.2 Å². The Labute approximate surface area is 135 Å². The van der Waals surface area contributed by atoms with Gasteiger partial charge in [0.05, 0.1) is 11.7 Å². The molecule has 2 aliphatic rings. The number of hydrogen-bond acceptors (Lipinski definition) is 4. The van der Waals surface area contributed by atoms with Crippen LogP contribution >= 0.6 is 11.8 Å². The molecule has 4 rings (SSSR count). The molecule has 114 valence electrons. The van der Waals surface area contributed by atoms with E-state index in [2.05, 4.69) is 58.8 Å². The Bertz CT molecular complexity index is 694. The van der Waals surface area contributed by atoms with Gasteiger partial charge in [-0.25, -0.2) is 0 Å². The van der Waals surface area contributed by atoms with Crippen LogP contribution in [-0.2, 0) is 6.54 Å². The topological polar surface area (TPSA) is 33.4 Å². The standard InChI is InChI=1S/C17H20N4S/c1-3-20-10-6-8-14(20)16-15(13-7-4-5-9-18-13)19-17-21(16)11-12(2)22-17/h4-10,12,15-16H,3,11H2,1-2H3. The van der Waals surface area contributed by atoms with Crippen LogP contribution in [0, 0.1) is 0 Å². The van der Waals surface area contributed by atoms with Gasteiger partial charge in [-0.1, -0.05) is 24.8 Å². The molecule has 0 amide bonds. The molecule has 22 heavy (non-hydrogen) atoms. The van der Waals surface area contributed by atoms with Crippen LogP contribution in [0.5, 0.6) is 0 Å². The second-order valence-electron chi connectivity index (χ2n) is 5.86. The van der Waals surface area contributed by atoms with Gasteiger partial charge in [-0.2, -0.15) is 0 Å². The van der Waals surface area contributed by atoms with E-state index in [-0.39, 0.29) is 12.1 Å². The molecule has 2 aliphatic heterocycles.